The van der Waals surface area contributed by atoms with Crippen molar-refractivity contribution in [3.8, 4) is 0 Å². The minimum absolute atomic E-state index is 0.491. The summed E-state index contributed by atoms with van der Waals surface area (Å²) in [5, 5.41) is 0.491. The van der Waals surface area contributed by atoms with E-state index in [4.69, 9.17) is 11.6 Å². The van der Waals surface area contributed by atoms with Crippen molar-refractivity contribution >= 4 is 22.6 Å². The lowest BCUT2D eigenvalue weighted by Gasteiger charge is -2.04. The summed E-state index contributed by atoms with van der Waals surface area (Å²) in [6, 6.07) is 6.30. The fourth-order valence-electron chi connectivity index (χ4n) is 3.07. The van der Waals surface area contributed by atoms with Gasteiger partial charge in [-0.2, -0.15) is 0 Å². The van der Waals surface area contributed by atoms with Gasteiger partial charge in [-0.15, -0.1) is 0 Å². The molecule has 1 aromatic carbocycles. The lowest BCUT2D eigenvalue weighted by molar-refractivity contribution is 0.556. The summed E-state index contributed by atoms with van der Waals surface area (Å²) in [7, 11) is 0. The molecule has 0 spiro atoms. The molecule has 22 heavy (non-hydrogen) atoms. The standard InChI is InChI=1S/C19H29ClN2/c1-2-3-4-5-6-7-8-9-10-11-13-16-14-12-15-17-18(16)22-19(20)21-17/h12,14-15H,2-11,13H2,1H3,(H,21,22). The Morgan fingerprint density at radius 2 is 1.55 bits per heavy atom. The van der Waals surface area contributed by atoms with E-state index >= 15 is 0 Å². The second-order valence-electron chi connectivity index (χ2n) is 6.27. The first kappa shape index (κ1) is 17.3. The largest absolute Gasteiger partial charge is 0.329 e. The van der Waals surface area contributed by atoms with E-state index in [2.05, 4.69) is 29.0 Å². The number of hydrogen-bond acceptors (Lipinski definition) is 1. The quantitative estimate of drug-likeness (QED) is 0.459. The number of H-pyrrole nitrogens is 1. The molecule has 1 heterocycles. The number of benzene rings is 1. The van der Waals surface area contributed by atoms with E-state index in [1.807, 2.05) is 6.07 Å². The normalized spacial score (nSPS) is 11.4. The number of rotatable bonds is 11. The molecule has 0 radical (unpaired) electrons. The topological polar surface area (TPSA) is 28.7 Å². The zero-order valence-electron chi connectivity index (χ0n) is 13.8. The number of nitrogens with one attached hydrogen (secondary N) is 1. The van der Waals surface area contributed by atoms with Crippen LogP contribution in [0.4, 0.5) is 0 Å². The lowest BCUT2D eigenvalue weighted by atomic mass is 10.0. The van der Waals surface area contributed by atoms with E-state index in [0.29, 0.717) is 5.28 Å². The minimum Gasteiger partial charge on any atom is -0.329 e. The first-order chi connectivity index (χ1) is 10.8. The highest BCUT2D eigenvalue weighted by Crippen LogP contribution is 2.21. The molecule has 2 nitrogen and oxygen atoms in total. The van der Waals surface area contributed by atoms with E-state index in [1.165, 1.54) is 69.8 Å². The SMILES string of the molecule is CCCCCCCCCCCCc1cccc2[nH]c(Cl)nc12. The van der Waals surface area contributed by atoms with E-state index in [1.54, 1.807) is 0 Å². The Bertz CT molecular complexity index is 547. The number of unbranched alkanes of at least 4 members (excludes halogenated alkanes) is 9. The third-order valence-electron chi connectivity index (χ3n) is 4.37. The van der Waals surface area contributed by atoms with Gasteiger partial charge in [0.25, 0.3) is 0 Å². The van der Waals surface area contributed by atoms with Gasteiger partial charge in [0.05, 0.1) is 11.0 Å². The third-order valence-corrected chi connectivity index (χ3v) is 4.55. The van der Waals surface area contributed by atoms with Crippen molar-refractivity contribution in [3.05, 3.63) is 29.0 Å². The average molecular weight is 321 g/mol. The molecule has 0 saturated carbocycles. The lowest BCUT2D eigenvalue weighted by Crippen LogP contribution is -1.88. The number of imidazole rings is 1. The predicted octanol–water partition coefficient (Wildman–Crippen LogP) is 6.68. The van der Waals surface area contributed by atoms with Crippen LogP contribution in [0.2, 0.25) is 5.28 Å². The Kier molecular flexibility index (Phi) is 7.79. The van der Waals surface area contributed by atoms with Crippen LogP contribution in [-0.4, -0.2) is 9.97 Å². The molecule has 3 heteroatoms. The van der Waals surface area contributed by atoms with Gasteiger partial charge in [-0.1, -0.05) is 76.8 Å². The fourth-order valence-corrected chi connectivity index (χ4v) is 3.25. The molecule has 0 aliphatic heterocycles. The van der Waals surface area contributed by atoms with Crippen LogP contribution in [0.1, 0.15) is 76.7 Å². The van der Waals surface area contributed by atoms with Crippen molar-refractivity contribution in [2.45, 2.75) is 77.6 Å². The first-order valence-electron chi connectivity index (χ1n) is 8.94. The summed E-state index contributed by atoms with van der Waals surface area (Å²) in [5.74, 6) is 0. The Morgan fingerprint density at radius 1 is 0.909 bits per heavy atom. The summed E-state index contributed by atoms with van der Waals surface area (Å²) >= 11 is 5.95. The van der Waals surface area contributed by atoms with Gasteiger partial charge < -0.3 is 4.98 Å². The fraction of sp³-hybridized carbons (Fsp3) is 0.632. The maximum absolute atomic E-state index is 5.95. The van der Waals surface area contributed by atoms with Gasteiger partial charge in [0.15, 0.2) is 0 Å². The minimum atomic E-state index is 0.491. The molecular formula is C19H29ClN2. The van der Waals surface area contributed by atoms with Crippen LogP contribution in [0, 0.1) is 0 Å². The smallest absolute Gasteiger partial charge is 0.201 e. The number of fused-ring (bicyclic) bond motifs is 1. The molecule has 0 atom stereocenters. The Labute approximate surface area is 139 Å². The number of hydrogen-bond donors (Lipinski definition) is 1. The molecule has 1 aromatic heterocycles. The highest BCUT2D eigenvalue weighted by atomic mass is 35.5. The molecule has 1 N–H and O–H groups in total. The maximum Gasteiger partial charge on any atom is 0.201 e. The van der Waals surface area contributed by atoms with Gasteiger partial charge in [0.2, 0.25) is 5.28 Å². The van der Waals surface area contributed by atoms with Crippen LogP contribution in [0.25, 0.3) is 11.0 Å². The van der Waals surface area contributed by atoms with Crippen LogP contribution in [-0.2, 0) is 6.42 Å². The molecule has 0 unspecified atom stereocenters. The predicted molar refractivity (Wildman–Crippen MR) is 96.7 cm³/mol. The highest BCUT2D eigenvalue weighted by Gasteiger charge is 2.05. The van der Waals surface area contributed by atoms with E-state index in [9.17, 15) is 0 Å². The van der Waals surface area contributed by atoms with E-state index in [0.717, 1.165) is 17.5 Å². The number of aryl methyl sites for hydroxylation is 1. The van der Waals surface area contributed by atoms with Gasteiger partial charge in [-0.05, 0) is 36.1 Å². The molecule has 122 valence electrons. The van der Waals surface area contributed by atoms with Gasteiger partial charge in [-0.25, -0.2) is 4.98 Å². The number of aromatic nitrogens is 2. The number of halogens is 1. The molecule has 0 amide bonds. The number of aromatic amines is 1. The molecule has 2 rings (SSSR count). The van der Waals surface area contributed by atoms with Crippen molar-refractivity contribution < 1.29 is 0 Å². The second-order valence-corrected chi connectivity index (χ2v) is 6.63. The monoisotopic (exact) mass is 320 g/mol. The van der Waals surface area contributed by atoms with Crippen LogP contribution in [0.3, 0.4) is 0 Å². The summed E-state index contributed by atoms with van der Waals surface area (Å²) < 4.78 is 0. The van der Waals surface area contributed by atoms with Crippen molar-refractivity contribution in [2.24, 2.45) is 0 Å². The van der Waals surface area contributed by atoms with Gasteiger partial charge in [-0.3, -0.25) is 0 Å². The zero-order valence-corrected chi connectivity index (χ0v) is 14.6. The number of para-hydroxylation sites is 1. The van der Waals surface area contributed by atoms with Crippen molar-refractivity contribution in [1.82, 2.24) is 9.97 Å². The summed E-state index contributed by atoms with van der Waals surface area (Å²) in [4.78, 5) is 7.48. The van der Waals surface area contributed by atoms with Gasteiger partial charge in [0.1, 0.15) is 0 Å². The van der Waals surface area contributed by atoms with Gasteiger partial charge >= 0.3 is 0 Å². The van der Waals surface area contributed by atoms with E-state index in [-0.39, 0.29) is 0 Å². The average Bonchev–Trinajstić information content (AvgIpc) is 2.90. The van der Waals surface area contributed by atoms with Crippen LogP contribution >= 0.6 is 11.6 Å². The van der Waals surface area contributed by atoms with Crippen LogP contribution < -0.4 is 0 Å². The Morgan fingerprint density at radius 3 is 2.23 bits per heavy atom. The molecule has 0 bridgehead atoms. The molecule has 0 aliphatic rings. The summed E-state index contributed by atoms with van der Waals surface area (Å²) in [6.45, 7) is 2.28. The molecule has 0 saturated heterocycles. The highest BCUT2D eigenvalue weighted by molar-refractivity contribution is 6.29. The van der Waals surface area contributed by atoms with Crippen LogP contribution in [0.15, 0.2) is 18.2 Å². The Balaban J connectivity index is 1.58. The molecule has 0 aliphatic carbocycles. The summed E-state index contributed by atoms with van der Waals surface area (Å²) in [5.41, 5.74) is 3.42. The maximum atomic E-state index is 5.95. The summed E-state index contributed by atoms with van der Waals surface area (Å²) in [6.07, 6.45) is 14.9. The van der Waals surface area contributed by atoms with Crippen molar-refractivity contribution in [2.75, 3.05) is 0 Å². The van der Waals surface area contributed by atoms with E-state index < -0.39 is 0 Å². The zero-order chi connectivity index (χ0) is 15.6. The third kappa shape index (κ3) is 5.64. The molecular weight excluding hydrogens is 292 g/mol. The Hall–Kier alpha value is -1.02. The van der Waals surface area contributed by atoms with Crippen molar-refractivity contribution in [1.29, 1.82) is 0 Å². The molecule has 2 aromatic rings. The van der Waals surface area contributed by atoms with Crippen LogP contribution in [0.5, 0.6) is 0 Å². The first-order valence-corrected chi connectivity index (χ1v) is 9.32. The van der Waals surface area contributed by atoms with Crippen molar-refractivity contribution in [3.63, 3.8) is 0 Å². The molecule has 0 fully saturated rings. The van der Waals surface area contributed by atoms with Gasteiger partial charge in [0, 0.05) is 0 Å². The number of nitrogens with zero attached hydrogens (tertiary/aromatic N) is 1. The second kappa shape index (κ2) is 9.89.